The molecule has 1 N–H and O–H groups in total. The zero-order valence-corrected chi connectivity index (χ0v) is 15.3. The quantitative estimate of drug-likeness (QED) is 0.795. The number of aromatic nitrogens is 1. The van der Waals surface area contributed by atoms with Crippen LogP contribution in [0.2, 0.25) is 0 Å². The van der Waals surface area contributed by atoms with Gasteiger partial charge in [0.1, 0.15) is 0 Å². The highest BCUT2D eigenvalue weighted by Gasteiger charge is 2.13. The van der Waals surface area contributed by atoms with E-state index < -0.39 is 0 Å². The van der Waals surface area contributed by atoms with Crippen LogP contribution in [0.3, 0.4) is 0 Å². The summed E-state index contributed by atoms with van der Waals surface area (Å²) in [5, 5.41) is 3.49. The molecule has 21 heavy (non-hydrogen) atoms. The van der Waals surface area contributed by atoms with E-state index >= 15 is 0 Å². The average molecular weight is 310 g/mol. The van der Waals surface area contributed by atoms with Crippen molar-refractivity contribution in [3.8, 4) is 0 Å². The van der Waals surface area contributed by atoms with Crippen LogP contribution >= 0.6 is 11.8 Å². The second-order valence-electron chi connectivity index (χ2n) is 6.69. The predicted octanol–water partition coefficient (Wildman–Crippen LogP) is 3.54. The van der Waals surface area contributed by atoms with Crippen LogP contribution in [0, 0.1) is 0 Å². The summed E-state index contributed by atoms with van der Waals surface area (Å²) in [5.41, 5.74) is 2.54. The van der Waals surface area contributed by atoms with Crippen molar-refractivity contribution in [3.63, 3.8) is 0 Å². The molecule has 0 aliphatic heterocycles. The first kappa shape index (κ1) is 18.5. The molecule has 0 amide bonds. The molecule has 0 spiro atoms. The lowest BCUT2D eigenvalue weighted by atomic mass is 10.1. The third-order valence-electron chi connectivity index (χ3n) is 3.57. The maximum absolute atomic E-state index is 4.61. The molecule has 1 atom stereocenters. The molecule has 3 nitrogen and oxygen atoms in total. The number of thioether (sulfide) groups is 1. The van der Waals surface area contributed by atoms with Crippen molar-refractivity contribution < 1.29 is 0 Å². The summed E-state index contributed by atoms with van der Waals surface area (Å²) in [6.45, 7) is 10.6. The van der Waals surface area contributed by atoms with E-state index in [2.05, 4.69) is 68.3 Å². The Morgan fingerprint density at radius 3 is 2.52 bits per heavy atom. The van der Waals surface area contributed by atoms with Crippen molar-refractivity contribution in [2.45, 2.75) is 58.8 Å². The van der Waals surface area contributed by atoms with Gasteiger partial charge in [0, 0.05) is 36.6 Å². The number of hydrogen-bond donors (Lipinski definition) is 1. The van der Waals surface area contributed by atoms with Gasteiger partial charge < -0.3 is 5.32 Å². The van der Waals surface area contributed by atoms with Crippen molar-refractivity contribution in [2.24, 2.45) is 0 Å². The van der Waals surface area contributed by atoms with Gasteiger partial charge in [0.15, 0.2) is 0 Å². The summed E-state index contributed by atoms with van der Waals surface area (Å²) < 4.78 is 0. The molecule has 4 heteroatoms. The van der Waals surface area contributed by atoms with E-state index in [1.165, 1.54) is 17.7 Å². The summed E-state index contributed by atoms with van der Waals surface area (Å²) in [6.07, 6.45) is 5.36. The van der Waals surface area contributed by atoms with Crippen LogP contribution in [0.4, 0.5) is 0 Å². The smallest absolute Gasteiger partial charge is 0.0544 e. The molecule has 0 aliphatic carbocycles. The summed E-state index contributed by atoms with van der Waals surface area (Å²) in [6, 6.07) is 4.97. The average Bonchev–Trinajstić information content (AvgIpc) is 2.43. The molecular formula is C17H31N3S. The molecule has 1 unspecified atom stereocenters. The minimum atomic E-state index is 0.144. The molecule has 0 radical (unpaired) electrons. The van der Waals surface area contributed by atoms with Gasteiger partial charge in [-0.1, -0.05) is 13.0 Å². The Bertz CT molecular complexity index is 397. The van der Waals surface area contributed by atoms with Crippen molar-refractivity contribution in [1.29, 1.82) is 0 Å². The van der Waals surface area contributed by atoms with E-state index in [4.69, 9.17) is 0 Å². The van der Waals surface area contributed by atoms with Gasteiger partial charge in [0.05, 0.1) is 5.69 Å². The summed E-state index contributed by atoms with van der Waals surface area (Å²) in [7, 11) is 2.20. The Labute approximate surface area is 134 Å². The number of pyridine rings is 1. The zero-order chi connectivity index (χ0) is 15.9. The first-order valence-corrected chi connectivity index (χ1v) is 9.13. The van der Waals surface area contributed by atoms with Gasteiger partial charge in [0.2, 0.25) is 0 Å². The fraction of sp³-hybridized carbons (Fsp3) is 0.706. The third-order valence-corrected chi connectivity index (χ3v) is 4.29. The van der Waals surface area contributed by atoms with Gasteiger partial charge in [-0.25, -0.2) is 0 Å². The normalized spacial score (nSPS) is 13.7. The van der Waals surface area contributed by atoms with Gasteiger partial charge in [-0.3, -0.25) is 9.88 Å². The Balaban J connectivity index is 2.54. The SMILES string of the molecule is CCC(CSC)N(C)Cc1ccc(CNC(C)(C)C)cn1. The predicted molar refractivity (Wildman–Crippen MR) is 94.8 cm³/mol. The second kappa shape index (κ2) is 8.76. The van der Waals surface area contributed by atoms with Crippen LogP contribution in [-0.2, 0) is 13.1 Å². The van der Waals surface area contributed by atoms with Crippen molar-refractivity contribution in [2.75, 3.05) is 19.1 Å². The van der Waals surface area contributed by atoms with Crippen molar-refractivity contribution in [3.05, 3.63) is 29.6 Å². The second-order valence-corrected chi connectivity index (χ2v) is 7.60. The first-order valence-electron chi connectivity index (χ1n) is 7.73. The van der Waals surface area contributed by atoms with E-state index in [0.29, 0.717) is 6.04 Å². The summed E-state index contributed by atoms with van der Waals surface area (Å²) >= 11 is 1.91. The molecule has 1 aromatic rings. The molecule has 0 saturated heterocycles. The first-order chi connectivity index (χ1) is 9.85. The minimum Gasteiger partial charge on any atom is -0.308 e. The maximum Gasteiger partial charge on any atom is 0.0544 e. The molecule has 0 aromatic carbocycles. The molecule has 1 aromatic heterocycles. The van der Waals surface area contributed by atoms with E-state index in [-0.39, 0.29) is 5.54 Å². The molecule has 0 aliphatic rings. The highest BCUT2D eigenvalue weighted by atomic mass is 32.2. The topological polar surface area (TPSA) is 28.2 Å². The highest BCUT2D eigenvalue weighted by molar-refractivity contribution is 7.98. The van der Waals surface area contributed by atoms with Crippen LogP contribution in [-0.4, -0.2) is 40.5 Å². The van der Waals surface area contributed by atoms with Gasteiger partial charge in [-0.05, 0) is 52.1 Å². The third kappa shape index (κ3) is 7.30. The highest BCUT2D eigenvalue weighted by Crippen LogP contribution is 2.12. The molecule has 1 heterocycles. The molecule has 0 bridgehead atoms. The van der Waals surface area contributed by atoms with E-state index in [0.717, 1.165) is 18.8 Å². The van der Waals surface area contributed by atoms with Gasteiger partial charge in [0.25, 0.3) is 0 Å². The van der Waals surface area contributed by atoms with E-state index in [9.17, 15) is 0 Å². The standard InChI is InChI=1S/C17H31N3S/c1-7-16(13-21-6)20(5)12-15-9-8-14(10-18-15)11-19-17(2,3)4/h8-10,16,19H,7,11-13H2,1-6H3. The largest absolute Gasteiger partial charge is 0.308 e. The Hall–Kier alpha value is -0.580. The molecule has 0 fully saturated rings. The fourth-order valence-electron chi connectivity index (χ4n) is 2.15. The lowest BCUT2D eigenvalue weighted by molar-refractivity contribution is 0.245. The van der Waals surface area contributed by atoms with Crippen LogP contribution in [0.15, 0.2) is 18.3 Å². The van der Waals surface area contributed by atoms with Crippen LogP contribution < -0.4 is 5.32 Å². The van der Waals surface area contributed by atoms with Crippen LogP contribution in [0.25, 0.3) is 0 Å². The lowest BCUT2D eigenvalue weighted by Crippen LogP contribution is -2.35. The Morgan fingerprint density at radius 2 is 2.05 bits per heavy atom. The summed E-state index contributed by atoms with van der Waals surface area (Å²) in [4.78, 5) is 7.02. The molecule has 1 rings (SSSR count). The number of nitrogens with zero attached hydrogens (tertiary/aromatic N) is 2. The zero-order valence-electron chi connectivity index (χ0n) is 14.4. The minimum absolute atomic E-state index is 0.144. The fourth-order valence-corrected chi connectivity index (χ4v) is 3.03. The van der Waals surface area contributed by atoms with Gasteiger partial charge in [-0.15, -0.1) is 0 Å². The number of hydrogen-bond acceptors (Lipinski definition) is 4. The Kier molecular flexibility index (Phi) is 7.71. The van der Waals surface area contributed by atoms with Crippen molar-refractivity contribution in [1.82, 2.24) is 15.2 Å². The maximum atomic E-state index is 4.61. The van der Waals surface area contributed by atoms with E-state index in [1.54, 1.807) is 0 Å². The monoisotopic (exact) mass is 309 g/mol. The number of nitrogens with one attached hydrogen (secondary N) is 1. The Morgan fingerprint density at radius 1 is 1.33 bits per heavy atom. The summed E-state index contributed by atoms with van der Waals surface area (Å²) in [5.74, 6) is 1.18. The molecular weight excluding hydrogens is 278 g/mol. The van der Waals surface area contributed by atoms with Crippen LogP contribution in [0.1, 0.15) is 45.4 Å². The number of rotatable bonds is 8. The van der Waals surface area contributed by atoms with Gasteiger partial charge in [-0.2, -0.15) is 11.8 Å². The van der Waals surface area contributed by atoms with Crippen molar-refractivity contribution >= 4 is 11.8 Å². The van der Waals surface area contributed by atoms with Crippen LogP contribution in [0.5, 0.6) is 0 Å². The lowest BCUT2D eigenvalue weighted by Gasteiger charge is -2.26. The van der Waals surface area contributed by atoms with E-state index in [1.807, 2.05) is 18.0 Å². The van der Waals surface area contributed by atoms with Gasteiger partial charge >= 0.3 is 0 Å². The molecule has 120 valence electrons. The molecule has 0 saturated carbocycles.